The molecule has 1 saturated carbocycles. The smallest absolute Gasteiger partial charge is 0.298 e. The molecule has 0 amide bonds. The second-order valence-corrected chi connectivity index (χ2v) is 5.19. The lowest BCUT2D eigenvalue weighted by Gasteiger charge is -2.26. The highest BCUT2D eigenvalue weighted by molar-refractivity contribution is 7.16. The van der Waals surface area contributed by atoms with Gasteiger partial charge in [0.05, 0.1) is 5.39 Å². The molecule has 0 bridgehead atoms. The van der Waals surface area contributed by atoms with Gasteiger partial charge in [-0.3, -0.25) is 14.3 Å². The topological polar surface area (TPSA) is 54.9 Å². The molecule has 84 valence electrons. The number of thiophene rings is 1. The van der Waals surface area contributed by atoms with Gasteiger partial charge in [-0.1, -0.05) is 0 Å². The lowest BCUT2D eigenvalue weighted by atomic mass is 9.93. The van der Waals surface area contributed by atoms with Gasteiger partial charge in [0.2, 0.25) is 0 Å². The number of hydrogen-bond donors (Lipinski definition) is 1. The summed E-state index contributed by atoms with van der Waals surface area (Å²) in [6, 6.07) is 0.111. The summed E-state index contributed by atoms with van der Waals surface area (Å²) in [5.74, 6) is 0. The van der Waals surface area contributed by atoms with E-state index < -0.39 is 0 Å². The van der Waals surface area contributed by atoms with E-state index in [1.165, 1.54) is 15.9 Å². The molecule has 1 aliphatic carbocycles. The third-order valence-corrected chi connectivity index (χ3v) is 4.30. The Hall–Kier alpha value is -1.36. The molecule has 0 spiro atoms. The maximum absolute atomic E-state index is 12.2. The van der Waals surface area contributed by atoms with Crippen LogP contribution < -0.4 is 11.2 Å². The first-order chi connectivity index (χ1) is 7.68. The van der Waals surface area contributed by atoms with Crippen molar-refractivity contribution in [2.75, 3.05) is 0 Å². The molecule has 0 atom stereocenters. The van der Waals surface area contributed by atoms with Crippen molar-refractivity contribution < 1.29 is 0 Å². The molecule has 0 saturated heterocycles. The van der Waals surface area contributed by atoms with Gasteiger partial charge in [-0.15, -0.1) is 11.3 Å². The van der Waals surface area contributed by atoms with Crippen molar-refractivity contribution in [1.29, 1.82) is 0 Å². The zero-order valence-corrected chi connectivity index (χ0v) is 9.76. The highest BCUT2D eigenvalue weighted by Crippen LogP contribution is 2.29. The van der Waals surface area contributed by atoms with E-state index in [1.807, 2.05) is 12.3 Å². The molecule has 3 rings (SSSR count). The van der Waals surface area contributed by atoms with E-state index in [0.717, 1.165) is 24.8 Å². The average Bonchev–Trinajstić information content (AvgIpc) is 2.51. The van der Waals surface area contributed by atoms with Crippen LogP contribution in [0, 0.1) is 6.92 Å². The van der Waals surface area contributed by atoms with Gasteiger partial charge in [0.25, 0.3) is 5.56 Å². The molecule has 1 N–H and O–H groups in total. The monoisotopic (exact) mass is 236 g/mol. The molecule has 0 aromatic carbocycles. The summed E-state index contributed by atoms with van der Waals surface area (Å²) in [6.45, 7) is 1.91. The van der Waals surface area contributed by atoms with Crippen LogP contribution in [-0.2, 0) is 0 Å². The van der Waals surface area contributed by atoms with Gasteiger partial charge in [-0.25, -0.2) is 4.79 Å². The van der Waals surface area contributed by atoms with Crippen molar-refractivity contribution in [3.63, 3.8) is 0 Å². The van der Waals surface area contributed by atoms with Crippen LogP contribution in [0.1, 0.15) is 30.9 Å². The standard InChI is InChI=1S/C11H12N2O2S/c1-6-5-16-9-8(6)10(14)13(11(15)12-9)7-3-2-4-7/h5,7H,2-4H2,1H3,(H,12,15). The summed E-state index contributed by atoms with van der Waals surface area (Å²) < 4.78 is 1.39. The summed E-state index contributed by atoms with van der Waals surface area (Å²) in [4.78, 5) is 27.5. The van der Waals surface area contributed by atoms with Crippen molar-refractivity contribution in [2.45, 2.75) is 32.2 Å². The lowest BCUT2D eigenvalue weighted by molar-refractivity contribution is 0.298. The van der Waals surface area contributed by atoms with Crippen LogP contribution in [0.25, 0.3) is 10.2 Å². The molecule has 1 aliphatic rings. The fourth-order valence-corrected chi connectivity index (χ4v) is 3.07. The van der Waals surface area contributed by atoms with Crippen LogP contribution in [0.15, 0.2) is 15.0 Å². The van der Waals surface area contributed by atoms with Crippen LogP contribution in [-0.4, -0.2) is 9.55 Å². The fourth-order valence-electron chi connectivity index (χ4n) is 2.15. The van der Waals surface area contributed by atoms with Crippen molar-refractivity contribution in [3.05, 3.63) is 31.8 Å². The minimum atomic E-state index is -0.260. The van der Waals surface area contributed by atoms with Crippen LogP contribution in [0.5, 0.6) is 0 Å². The Morgan fingerprint density at radius 3 is 2.81 bits per heavy atom. The average molecular weight is 236 g/mol. The Labute approximate surface area is 95.5 Å². The number of rotatable bonds is 1. The Balaban J connectivity index is 2.39. The predicted molar refractivity (Wildman–Crippen MR) is 64.3 cm³/mol. The van der Waals surface area contributed by atoms with Crippen molar-refractivity contribution >= 4 is 21.6 Å². The summed E-state index contributed by atoms with van der Waals surface area (Å²) in [5, 5.41) is 2.59. The van der Waals surface area contributed by atoms with Crippen LogP contribution in [0.4, 0.5) is 0 Å². The summed E-state index contributed by atoms with van der Waals surface area (Å²) >= 11 is 1.42. The van der Waals surface area contributed by atoms with Crippen LogP contribution >= 0.6 is 11.3 Å². The van der Waals surface area contributed by atoms with E-state index in [4.69, 9.17) is 0 Å². The number of aromatic nitrogens is 2. The molecule has 4 nitrogen and oxygen atoms in total. The number of nitrogens with one attached hydrogen (secondary N) is 1. The molecule has 2 aromatic heterocycles. The molecule has 0 aliphatic heterocycles. The third kappa shape index (κ3) is 1.21. The van der Waals surface area contributed by atoms with E-state index in [2.05, 4.69) is 4.98 Å². The van der Waals surface area contributed by atoms with E-state index >= 15 is 0 Å². The first-order valence-electron chi connectivity index (χ1n) is 5.41. The van der Waals surface area contributed by atoms with Gasteiger partial charge in [0.15, 0.2) is 0 Å². The maximum Gasteiger partial charge on any atom is 0.329 e. The predicted octanol–water partition coefficient (Wildman–Crippen LogP) is 1.78. The van der Waals surface area contributed by atoms with Gasteiger partial charge in [-0.2, -0.15) is 0 Å². The second kappa shape index (κ2) is 3.31. The summed E-state index contributed by atoms with van der Waals surface area (Å²) in [6.07, 6.45) is 2.99. The highest BCUT2D eigenvalue weighted by atomic mass is 32.1. The first-order valence-corrected chi connectivity index (χ1v) is 6.29. The second-order valence-electron chi connectivity index (χ2n) is 4.31. The van der Waals surface area contributed by atoms with E-state index in [0.29, 0.717) is 10.2 Å². The molecule has 2 heterocycles. The summed E-state index contributed by atoms with van der Waals surface area (Å²) in [7, 11) is 0. The first kappa shape index (κ1) is 9.84. The minimum absolute atomic E-state index is 0.111. The SMILES string of the molecule is Cc1csc2[nH]c(=O)n(C3CCC3)c(=O)c12. The van der Waals surface area contributed by atoms with Crippen molar-refractivity contribution in [3.8, 4) is 0 Å². The molecule has 5 heteroatoms. The molecule has 0 radical (unpaired) electrons. The van der Waals surface area contributed by atoms with Crippen molar-refractivity contribution in [1.82, 2.24) is 9.55 Å². The Kier molecular flexibility index (Phi) is 2.04. The molecular formula is C11H12N2O2S. The molecule has 1 fully saturated rings. The van der Waals surface area contributed by atoms with Gasteiger partial charge in [-0.05, 0) is 37.1 Å². The maximum atomic E-state index is 12.2. The third-order valence-electron chi connectivity index (χ3n) is 3.29. The number of aryl methyl sites for hydroxylation is 1. The van der Waals surface area contributed by atoms with Crippen LogP contribution in [0.2, 0.25) is 0 Å². The Bertz CT molecular complexity index is 661. The molecule has 0 unspecified atom stereocenters. The van der Waals surface area contributed by atoms with E-state index in [1.54, 1.807) is 0 Å². The van der Waals surface area contributed by atoms with Crippen molar-refractivity contribution in [2.24, 2.45) is 0 Å². The normalized spacial score (nSPS) is 16.6. The Morgan fingerprint density at radius 1 is 1.44 bits per heavy atom. The number of H-pyrrole nitrogens is 1. The number of fused-ring (bicyclic) bond motifs is 1. The molecule has 16 heavy (non-hydrogen) atoms. The van der Waals surface area contributed by atoms with Crippen LogP contribution in [0.3, 0.4) is 0 Å². The molecular weight excluding hydrogens is 224 g/mol. The number of aromatic amines is 1. The highest BCUT2D eigenvalue weighted by Gasteiger charge is 2.24. The lowest BCUT2D eigenvalue weighted by Crippen LogP contribution is -2.40. The van der Waals surface area contributed by atoms with Gasteiger partial charge < -0.3 is 0 Å². The largest absolute Gasteiger partial charge is 0.329 e. The molecule has 2 aromatic rings. The van der Waals surface area contributed by atoms with Gasteiger partial charge in [0, 0.05) is 6.04 Å². The van der Waals surface area contributed by atoms with E-state index in [9.17, 15) is 9.59 Å². The minimum Gasteiger partial charge on any atom is -0.298 e. The van der Waals surface area contributed by atoms with E-state index in [-0.39, 0.29) is 17.3 Å². The Morgan fingerprint density at radius 2 is 2.19 bits per heavy atom. The zero-order chi connectivity index (χ0) is 11.3. The summed E-state index contributed by atoms with van der Waals surface area (Å²) in [5.41, 5.74) is 0.570. The van der Waals surface area contributed by atoms with Gasteiger partial charge in [0.1, 0.15) is 4.83 Å². The van der Waals surface area contributed by atoms with Gasteiger partial charge >= 0.3 is 5.69 Å². The number of hydrogen-bond acceptors (Lipinski definition) is 3. The quantitative estimate of drug-likeness (QED) is 0.820. The zero-order valence-electron chi connectivity index (χ0n) is 8.95. The number of nitrogens with zero attached hydrogens (tertiary/aromatic N) is 1. The fraction of sp³-hybridized carbons (Fsp3) is 0.455.